The Morgan fingerprint density at radius 2 is 1.80 bits per heavy atom. The summed E-state index contributed by atoms with van der Waals surface area (Å²) in [6.07, 6.45) is 1.09. The maximum Gasteiger partial charge on any atom is 0.0643 e. The van der Waals surface area contributed by atoms with Gasteiger partial charge in [0.25, 0.3) is 0 Å². The van der Waals surface area contributed by atoms with Crippen molar-refractivity contribution in [2.24, 2.45) is 0 Å². The molecule has 2 atom stereocenters. The summed E-state index contributed by atoms with van der Waals surface area (Å²) < 4.78 is 10.7. The van der Waals surface area contributed by atoms with E-state index in [0.717, 1.165) is 32.8 Å². The molecule has 2 unspecified atom stereocenters. The molecule has 2 rings (SSSR count). The molecule has 3 nitrogen and oxygen atoms in total. The Labute approximate surface area is 60.7 Å². The van der Waals surface area contributed by atoms with Crippen LogP contribution in [0.3, 0.4) is 0 Å². The van der Waals surface area contributed by atoms with Crippen molar-refractivity contribution in [2.45, 2.75) is 18.5 Å². The monoisotopic (exact) mass is 143 g/mol. The molecule has 0 amide bonds. The van der Waals surface area contributed by atoms with Crippen molar-refractivity contribution in [1.82, 2.24) is 5.32 Å². The molecule has 0 aliphatic carbocycles. The first-order valence-corrected chi connectivity index (χ1v) is 3.87. The van der Waals surface area contributed by atoms with Crippen molar-refractivity contribution >= 4 is 0 Å². The molecular weight excluding hydrogens is 130 g/mol. The second-order valence-corrected chi connectivity index (χ2v) is 2.96. The van der Waals surface area contributed by atoms with Gasteiger partial charge in [-0.1, -0.05) is 0 Å². The largest absolute Gasteiger partial charge is 0.380 e. The molecule has 0 saturated carbocycles. The fourth-order valence-electron chi connectivity index (χ4n) is 1.50. The summed E-state index contributed by atoms with van der Waals surface area (Å²) in [5, 5.41) is 3.47. The summed E-state index contributed by atoms with van der Waals surface area (Å²) in [6.45, 7) is 3.38. The molecule has 0 aromatic heterocycles. The fourth-order valence-corrected chi connectivity index (χ4v) is 1.50. The Morgan fingerprint density at radius 1 is 1.00 bits per heavy atom. The minimum atomic E-state index is 0.446. The molecule has 3 heteroatoms. The number of ether oxygens (including phenoxy) is 2. The Bertz CT molecular complexity index is 106. The molecule has 0 spiro atoms. The molecule has 58 valence electrons. The van der Waals surface area contributed by atoms with E-state index < -0.39 is 0 Å². The summed E-state index contributed by atoms with van der Waals surface area (Å²) in [7, 11) is 0. The molecule has 2 saturated heterocycles. The highest BCUT2D eigenvalue weighted by Gasteiger charge is 2.23. The lowest BCUT2D eigenvalue weighted by atomic mass is 10.2. The van der Waals surface area contributed by atoms with Gasteiger partial charge >= 0.3 is 0 Å². The molecular formula is C7H13NO2. The smallest absolute Gasteiger partial charge is 0.0643 e. The first-order chi connectivity index (χ1) is 4.95. The highest BCUT2D eigenvalue weighted by molar-refractivity contribution is 4.80. The van der Waals surface area contributed by atoms with Gasteiger partial charge in [-0.25, -0.2) is 0 Å². The van der Waals surface area contributed by atoms with Crippen molar-refractivity contribution in [3.63, 3.8) is 0 Å². The molecule has 10 heavy (non-hydrogen) atoms. The Hall–Kier alpha value is -0.120. The molecule has 0 aromatic rings. The van der Waals surface area contributed by atoms with E-state index in [1.807, 2.05) is 0 Å². The zero-order chi connectivity index (χ0) is 6.81. The van der Waals surface area contributed by atoms with Crippen molar-refractivity contribution in [2.75, 3.05) is 26.4 Å². The van der Waals surface area contributed by atoms with E-state index in [9.17, 15) is 0 Å². The van der Waals surface area contributed by atoms with Crippen LogP contribution < -0.4 is 5.32 Å². The van der Waals surface area contributed by atoms with E-state index in [0.29, 0.717) is 12.1 Å². The molecule has 0 aromatic carbocycles. The third-order valence-corrected chi connectivity index (χ3v) is 2.04. The number of hydrogen-bond acceptors (Lipinski definition) is 3. The van der Waals surface area contributed by atoms with Crippen LogP contribution in [0.5, 0.6) is 0 Å². The van der Waals surface area contributed by atoms with Crippen LogP contribution in [0.15, 0.2) is 0 Å². The van der Waals surface area contributed by atoms with Crippen molar-refractivity contribution < 1.29 is 9.47 Å². The Kier molecular flexibility index (Phi) is 1.88. The van der Waals surface area contributed by atoms with Gasteiger partial charge in [-0.2, -0.15) is 0 Å². The van der Waals surface area contributed by atoms with Crippen LogP contribution in [0.4, 0.5) is 0 Å². The molecule has 2 heterocycles. The van der Waals surface area contributed by atoms with Gasteiger partial charge in [0, 0.05) is 12.6 Å². The van der Waals surface area contributed by atoms with Crippen molar-refractivity contribution in [3.8, 4) is 0 Å². The highest BCUT2D eigenvalue weighted by Crippen LogP contribution is 2.07. The van der Waals surface area contributed by atoms with Crippen molar-refractivity contribution in [1.29, 1.82) is 0 Å². The summed E-state index contributed by atoms with van der Waals surface area (Å²) in [5.74, 6) is 0. The average molecular weight is 143 g/mol. The van der Waals surface area contributed by atoms with Crippen molar-refractivity contribution in [3.05, 3.63) is 0 Å². The lowest BCUT2D eigenvalue weighted by Gasteiger charge is -2.27. The first kappa shape index (κ1) is 6.58. The van der Waals surface area contributed by atoms with E-state index in [-0.39, 0.29) is 0 Å². The van der Waals surface area contributed by atoms with E-state index in [1.54, 1.807) is 0 Å². The van der Waals surface area contributed by atoms with Crippen LogP contribution in [0.25, 0.3) is 0 Å². The van der Waals surface area contributed by atoms with E-state index >= 15 is 0 Å². The molecule has 0 radical (unpaired) electrons. The summed E-state index contributed by atoms with van der Waals surface area (Å²) in [5.41, 5.74) is 0. The van der Waals surface area contributed by atoms with Gasteiger partial charge in [0.15, 0.2) is 0 Å². The quantitative estimate of drug-likeness (QED) is 0.508. The number of fused-ring (bicyclic) bond motifs is 2. The van der Waals surface area contributed by atoms with Gasteiger partial charge in [-0.05, 0) is 6.42 Å². The molecule has 2 aliphatic rings. The second-order valence-electron chi connectivity index (χ2n) is 2.96. The summed E-state index contributed by atoms with van der Waals surface area (Å²) in [4.78, 5) is 0. The standard InChI is InChI=1S/C7H13NO2/c1-2-9-4-7-5-10-3-6(1)8-7/h6-8H,1-5H2. The Morgan fingerprint density at radius 3 is 2.80 bits per heavy atom. The molecule has 2 aliphatic heterocycles. The zero-order valence-corrected chi connectivity index (χ0v) is 6.01. The van der Waals surface area contributed by atoms with Gasteiger partial charge in [-0.3, -0.25) is 0 Å². The molecule has 2 fully saturated rings. The van der Waals surface area contributed by atoms with Gasteiger partial charge < -0.3 is 14.8 Å². The normalized spacial score (nSPS) is 40.8. The predicted octanol–water partition coefficient (Wildman–Crippen LogP) is -0.236. The van der Waals surface area contributed by atoms with Crippen LogP contribution in [0, 0.1) is 0 Å². The van der Waals surface area contributed by atoms with E-state index in [2.05, 4.69) is 5.32 Å². The average Bonchev–Trinajstić information content (AvgIpc) is 2.12. The van der Waals surface area contributed by atoms with Crippen LogP contribution in [-0.2, 0) is 9.47 Å². The minimum absolute atomic E-state index is 0.446. The van der Waals surface area contributed by atoms with Gasteiger partial charge in [0.05, 0.1) is 25.9 Å². The number of rotatable bonds is 0. The fraction of sp³-hybridized carbons (Fsp3) is 1.00. The van der Waals surface area contributed by atoms with Crippen LogP contribution in [0.2, 0.25) is 0 Å². The lowest BCUT2D eigenvalue weighted by molar-refractivity contribution is 0.0383. The number of hydrogen-bond donors (Lipinski definition) is 1. The minimum Gasteiger partial charge on any atom is -0.380 e. The third-order valence-electron chi connectivity index (χ3n) is 2.04. The van der Waals surface area contributed by atoms with Crippen LogP contribution in [0.1, 0.15) is 6.42 Å². The van der Waals surface area contributed by atoms with Crippen LogP contribution in [-0.4, -0.2) is 38.5 Å². The molecule has 1 N–H and O–H groups in total. The highest BCUT2D eigenvalue weighted by atomic mass is 16.5. The maximum absolute atomic E-state index is 5.37. The predicted molar refractivity (Wildman–Crippen MR) is 37.0 cm³/mol. The maximum atomic E-state index is 5.37. The third kappa shape index (κ3) is 1.31. The number of nitrogens with one attached hydrogen (secondary N) is 1. The van der Waals surface area contributed by atoms with Gasteiger partial charge in [0.2, 0.25) is 0 Å². The summed E-state index contributed by atoms with van der Waals surface area (Å²) in [6, 6.07) is 0.988. The first-order valence-electron chi connectivity index (χ1n) is 3.87. The van der Waals surface area contributed by atoms with E-state index in [1.165, 1.54) is 0 Å². The number of morpholine rings is 1. The zero-order valence-electron chi connectivity index (χ0n) is 6.01. The van der Waals surface area contributed by atoms with Crippen LogP contribution >= 0.6 is 0 Å². The second kappa shape index (κ2) is 2.86. The van der Waals surface area contributed by atoms with Gasteiger partial charge in [-0.15, -0.1) is 0 Å². The molecule has 2 bridgehead atoms. The topological polar surface area (TPSA) is 30.5 Å². The van der Waals surface area contributed by atoms with E-state index in [4.69, 9.17) is 9.47 Å². The lowest BCUT2D eigenvalue weighted by Crippen LogP contribution is -2.48. The SMILES string of the molecule is C1CC2COCC(CO1)N2. The van der Waals surface area contributed by atoms with Gasteiger partial charge in [0.1, 0.15) is 0 Å². The Balaban J connectivity index is 1.96. The summed E-state index contributed by atoms with van der Waals surface area (Å²) >= 11 is 0.